The Hall–Kier alpha value is -3.10. The van der Waals surface area contributed by atoms with E-state index in [0.29, 0.717) is 0 Å². The third kappa shape index (κ3) is 3.92. The molecule has 1 fully saturated rings. The number of nitriles is 1. The van der Waals surface area contributed by atoms with Crippen LogP contribution in [0.25, 0.3) is 10.9 Å². The third-order valence-corrected chi connectivity index (χ3v) is 5.24. The van der Waals surface area contributed by atoms with Crippen LogP contribution in [-0.4, -0.2) is 34.2 Å². The topological polar surface area (TPSA) is 69.4 Å². The monoisotopic (exact) mass is 373 g/mol. The normalized spacial score (nSPS) is 15.4. The quantitative estimate of drug-likeness (QED) is 0.743. The van der Waals surface area contributed by atoms with Gasteiger partial charge in [-0.2, -0.15) is 5.26 Å². The fourth-order valence-electron chi connectivity index (χ4n) is 3.78. The first-order valence-corrected chi connectivity index (χ1v) is 9.60. The summed E-state index contributed by atoms with van der Waals surface area (Å²) in [4.78, 5) is 6.89. The molecule has 1 aliphatic rings. The van der Waals surface area contributed by atoms with E-state index in [9.17, 15) is 10.4 Å². The standard InChI is InChI=1S/C23H23N3O2/c1-16-12-23(21-13-19(27)6-7-22(21)25-16)28-20-8-10-26(11-9-20)15-18-5-3-2-4-17(18)14-24/h2-7,12-13,20,27H,8-11,15H2,1H3. The number of fused-ring (bicyclic) bond motifs is 1. The minimum Gasteiger partial charge on any atom is -0.508 e. The molecule has 5 nitrogen and oxygen atoms in total. The van der Waals surface area contributed by atoms with Crippen molar-refractivity contribution in [1.82, 2.24) is 9.88 Å². The average molecular weight is 373 g/mol. The molecule has 0 radical (unpaired) electrons. The summed E-state index contributed by atoms with van der Waals surface area (Å²) < 4.78 is 6.32. The van der Waals surface area contributed by atoms with Crippen molar-refractivity contribution in [2.45, 2.75) is 32.4 Å². The lowest BCUT2D eigenvalue weighted by Crippen LogP contribution is -2.38. The zero-order chi connectivity index (χ0) is 19.5. The van der Waals surface area contributed by atoms with Crippen LogP contribution in [0.5, 0.6) is 11.5 Å². The molecule has 1 aromatic heterocycles. The van der Waals surface area contributed by atoms with Gasteiger partial charge in [-0.15, -0.1) is 0 Å². The Balaban J connectivity index is 1.43. The van der Waals surface area contributed by atoms with E-state index in [4.69, 9.17) is 4.74 Å². The fraction of sp³-hybridized carbons (Fsp3) is 0.304. The van der Waals surface area contributed by atoms with Gasteiger partial charge in [-0.3, -0.25) is 9.88 Å². The number of aromatic hydroxyl groups is 1. The van der Waals surface area contributed by atoms with Gasteiger partial charge in [0.2, 0.25) is 0 Å². The maximum Gasteiger partial charge on any atom is 0.131 e. The van der Waals surface area contributed by atoms with Gasteiger partial charge in [-0.25, -0.2) is 0 Å². The number of nitrogens with zero attached hydrogens (tertiary/aromatic N) is 3. The van der Waals surface area contributed by atoms with Crippen molar-refractivity contribution < 1.29 is 9.84 Å². The predicted molar refractivity (Wildman–Crippen MR) is 108 cm³/mol. The van der Waals surface area contributed by atoms with Crippen molar-refractivity contribution in [2.24, 2.45) is 0 Å². The summed E-state index contributed by atoms with van der Waals surface area (Å²) in [5.74, 6) is 1.00. The van der Waals surface area contributed by atoms with Crippen LogP contribution in [0, 0.1) is 18.3 Å². The molecule has 2 aromatic carbocycles. The lowest BCUT2D eigenvalue weighted by molar-refractivity contribution is 0.0978. The summed E-state index contributed by atoms with van der Waals surface area (Å²) in [6.45, 7) is 4.60. The average Bonchev–Trinajstić information content (AvgIpc) is 2.70. The molecule has 0 atom stereocenters. The molecular weight excluding hydrogens is 350 g/mol. The Morgan fingerprint density at radius 2 is 1.96 bits per heavy atom. The van der Waals surface area contributed by atoms with E-state index < -0.39 is 0 Å². The van der Waals surface area contributed by atoms with Crippen LogP contribution in [0.3, 0.4) is 0 Å². The first kappa shape index (κ1) is 18.3. The van der Waals surface area contributed by atoms with E-state index in [0.717, 1.165) is 65.9 Å². The molecule has 142 valence electrons. The molecular formula is C23H23N3O2. The number of phenols is 1. The molecule has 0 bridgehead atoms. The number of likely N-dealkylation sites (tertiary alicyclic amines) is 1. The van der Waals surface area contributed by atoms with E-state index >= 15 is 0 Å². The number of benzene rings is 2. The van der Waals surface area contributed by atoms with Crippen molar-refractivity contribution >= 4 is 10.9 Å². The van der Waals surface area contributed by atoms with E-state index in [2.05, 4.69) is 16.0 Å². The van der Waals surface area contributed by atoms with Gasteiger partial charge in [0, 0.05) is 36.8 Å². The predicted octanol–water partition coefficient (Wildman–Crippen LogP) is 4.16. The van der Waals surface area contributed by atoms with Crippen molar-refractivity contribution in [3.63, 3.8) is 0 Å². The van der Waals surface area contributed by atoms with Crippen molar-refractivity contribution in [2.75, 3.05) is 13.1 Å². The number of hydrogen-bond acceptors (Lipinski definition) is 5. The largest absolute Gasteiger partial charge is 0.508 e. The second-order valence-corrected chi connectivity index (χ2v) is 7.33. The minimum atomic E-state index is 0.134. The van der Waals surface area contributed by atoms with E-state index in [1.54, 1.807) is 12.1 Å². The Morgan fingerprint density at radius 3 is 2.75 bits per heavy atom. The molecule has 5 heteroatoms. The number of rotatable bonds is 4. The molecule has 0 aliphatic carbocycles. The summed E-state index contributed by atoms with van der Waals surface area (Å²) in [5.41, 5.74) is 3.56. The fourth-order valence-corrected chi connectivity index (χ4v) is 3.78. The highest BCUT2D eigenvalue weighted by molar-refractivity contribution is 5.86. The lowest BCUT2D eigenvalue weighted by Gasteiger charge is -2.32. The smallest absolute Gasteiger partial charge is 0.131 e. The van der Waals surface area contributed by atoms with Crippen molar-refractivity contribution in [1.29, 1.82) is 5.26 Å². The Morgan fingerprint density at radius 1 is 1.18 bits per heavy atom. The van der Waals surface area contributed by atoms with Crippen LogP contribution >= 0.6 is 0 Å². The van der Waals surface area contributed by atoms with E-state index in [1.807, 2.05) is 43.3 Å². The molecule has 1 saturated heterocycles. The number of pyridine rings is 1. The zero-order valence-electron chi connectivity index (χ0n) is 15.9. The number of aromatic nitrogens is 1. The van der Waals surface area contributed by atoms with Gasteiger partial charge in [-0.05, 0) is 49.6 Å². The van der Waals surface area contributed by atoms with Crippen LogP contribution in [-0.2, 0) is 6.54 Å². The highest BCUT2D eigenvalue weighted by atomic mass is 16.5. The van der Waals surface area contributed by atoms with Crippen LogP contribution in [0.4, 0.5) is 0 Å². The summed E-state index contributed by atoms with van der Waals surface area (Å²) in [6.07, 6.45) is 1.99. The number of phenolic OH excluding ortho intramolecular Hbond substituents is 1. The highest BCUT2D eigenvalue weighted by Gasteiger charge is 2.22. The Bertz CT molecular complexity index is 1030. The molecule has 0 amide bonds. The molecule has 28 heavy (non-hydrogen) atoms. The van der Waals surface area contributed by atoms with Crippen molar-refractivity contribution in [3.8, 4) is 17.6 Å². The Kier molecular flexibility index (Phi) is 5.14. The van der Waals surface area contributed by atoms with Gasteiger partial charge in [0.05, 0.1) is 17.1 Å². The summed E-state index contributed by atoms with van der Waals surface area (Å²) >= 11 is 0. The van der Waals surface area contributed by atoms with Crippen LogP contribution in [0.1, 0.15) is 29.7 Å². The third-order valence-electron chi connectivity index (χ3n) is 5.24. The van der Waals surface area contributed by atoms with Gasteiger partial charge >= 0.3 is 0 Å². The summed E-state index contributed by atoms with van der Waals surface area (Å²) in [6, 6.07) is 17.2. The number of ether oxygens (including phenoxy) is 1. The summed E-state index contributed by atoms with van der Waals surface area (Å²) in [5, 5.41) is 19.9. The van der Waals surface area contributed by atoms with Gasteiger partial charge < -0.3 is 9.84 Å². The number of hydrogen-bond donors (Lipinski definition) is 1. The number of aryl methyl sites for hydroxylation is 1. The first-order valence-electron chi connectivity index (χ1n) is 9.60. The second kappa shape index (κ2) is 7.87. The molecule has 0 spiro atoms. The first-order chi connectivity index (χ1) is 13.6. The van der Waals surface area contributed by atoms with Crippen LogP contribution < -0.4 is 4.74 Å². The van der Waals surface area contributed by atoms with Gasteiger partial charge in [0.15, 0.2) is 0 Å². The number of piperidine rings is 1. The van der Waals surface area contributed by atoms with Gasteiger partial charge in [0.25, 0.3) is 0 Å². The lowest BCUT2D eigenvalue weighted by atomic mass is 10.0. The second-order valence-electron chi connectivity index (χ2n) is 7.33. The van der Waals surface area contributed by atoms with E-state index in [1.165, 1.54) is 0 Å². The molecule has 2 heterocycles. The maximum absolute atomic E-state index is 9.83. The van der Waals surface area contributed by atoms with Gasteiger partial charge in [-0.1, -0.05) is 18.2 Å². The molecule has 0 saturated carbocycles. The van der Waals surface area contributed by atoms with E-state index in [-0.39, 0.29) is 11.9 Å². The van der Waals surface area contributed by atoms with Gasteiger partial charge in [0.1, 0.15) is 17.6 Å². The summed E-state index contributed by atoms with van der Waals surface area (Å²) in [7, 11) is 0. The molecule has 1 N–H and O–H groups in total. The molecule has 0 unspecified atom stereocenters. The highest BCUT2D eigenvalue weighted by Crippen LogP contribution is 2.31. The molecule has 1 aliphatic heterocycles. The minimum absolute atomic E-state index is 0.134. The molecule has 3 aromatic rings. The zero-order valence-corrected chi connectivity index (χ0v) is 15.9. The Labute approximate surface area is 164 Å². The van der Waals surface area contributed by atoms with Crippen LogP contribution in [0.15, 0.2) is 48.5 Å². The van der Waals surface area contributed by atoms with Crippen LogP contribution in [0.2, 0.25) is 0 Å². The van der Waals surface area contributed by atoms with Crippen molar-refractivity contribution in [3.05, 3.63) is 65.4 Å². The SMILES string of the molecule is Cc1cc(OC2CCN(Cc3ccccc3C#N)CC2)c2cc(O)ccc2n1. The maximum atomic E-state index is 9.83. The molecule has 4 rings (SSSR count).